The van der Waals surface area contributed by atoms with E-state index in [1.807, 2.05) is 27.7 Å². The Labute approximate surface area is 136 Å². The van der Waals surface area contributed by atoms with E-state index in [0.29, 0.717) is 17.4 Å². The fourth-order valence-electron chi connectivity index (χ4n) is 2.55. The van der Waals surface area contributed by atoms with E-state index in [1.54, 1.807) is 23.2 Å². The molecule has 1 aromatic rings. The van der Waals surface area contributed by atoms with Gasteiger partial charge in [-0.3, -0.25) is 0 Å². The van der Waals surface area contributed by atoms with Crippen molar-refractivity contribution >= 4 is 17.7 Å². The van der Waals surface area contributed by atoms with Crippen molar-refractivity contribution in [3.63, 3.8) is 0 Å². The SMILES string of the molecule is CC(Oc1ccc(Cl)nc1)C1CCCN1C(=O)OC(C)(C)C. The van der Waals surface area contributed by atoms with Crippen molar-refractivity contribution in [2.75, 3.05) is 6.54 Å². The fraction of sp³-hybridized carbons (Fsp3) is 0.625. The Balaban J connectivity index is 2.00. The highest BCUT2D eigenvalue weighted by Crippen LogP contribution is 2.25. The topological polar surface area (TPSA) is 51.7 Å². The highest BCUT2D eigenvalue weighted by Gasteiger charge is 2.36. The van der Waals surface area contributed by atoms with Gasteiger partial charge >= 0.3 is 6.09 Å². The molecule has 2 rings (SSSR count). The molecule has 5 nitrogen and oxygen atoms in total. The van der Waals surface area contributed by atoms with Gasteiger partial charge in [0, 0.05) is 6.54 Å². The van der Waals surface area contributed by atoms with Gasteiger partial charge in [-0.2, -0.15) is 0 Å². The molecule has 122 valence electrons. The number of nitrogens with zero attached hydrogens (tertiary/aromatic N) is 2. The van der Waals surface area contributed by atoms with Gasteiger partial charge in [0.25, 0.3) is 0 Å². The first-order valence-electron chi connectivity index (χ1n) is 7.54. The molecule has 0 spiro atoms. The summed E-state index contributed by atoms with van der Waals surface area (Å²) in [7, 11) is 0. The summed E-state index contributed by atoms with van der Waals surface area (Å²) >= 11 is 5.77. The minimum Gasteiger partial charge on any atom is -0.487 e. The van der Waals surface area contributed by atoms with E-state index < -0.39 is 5.60 Å². The molecule has 2 heterocycles. The Morgan fingerprint density at radius 3 is 2.77 bits per heavy atom. The molecule has 0 aromatic carbocycles. The number of rotatable bonds is 3. The average molecular weight is 327 g/mol. The van der Waals surface area contributed by atoms with E-state index >= 15 is 0 Å². The van der Waals surface area contributed by atoms with Crippen LogP contribution in [0.25, 0.3) is 0 Å². The summed E-state index contributed by atoms with van der Waals surface area (Å²) in [5, 5.41) is 0.427. The van der Waals surface area contributed by atoms with E-state index in [4.69, 9.17) is 21.1 Å². The Morgan fingerprint density at radius 1 is 1.45 bits per heavy atom. The fourth-order valence-corrected chi connectivity index (χ4v) is 2.66. The second kappa shape index (κ2) is 6.73. The molecule has 1 amide bonds. The monoisotopic (exact) mass is 326 g/mol. The number of halogens is 1. The molecule has 0 bridgehead atoms. The lowest BCUT2D eigenvalue weighted by Crippen LogP contribution is -2.45. The number of likely N-dealkylation sites (tertiary alicyclic amines) is 1. The predicted molar refractivity (Wildman–Crippen MR) is 85.3 cm³/mol. The van der Waals surface area contributed by atoms with Crippen LogP contribution in [0.3, 0.4) is 0 Å². The van der Waals surface area contributed by atoms with Gasteiger partial charge in [0.05, 0.1) is 12.2 Å². The minimum atomic E-state index is -0.492. The highest BCUT2D eigenvalue weighted by atomic mass is 35.5. The quantitative estimate of drug-likeness (QED) is 0.790. The summed E-state index contributed by atoms with van der Waals surface area (Å²) in [5.41, 5.74) is -0.492. The molecule has 2 unspecified atom stereocenters. The van der Waals surface area contributed by atoms with Gasteiger partial charge in [0.2, 0.25) is 0 Å². The van der Waals surface area contributed by atoms with Gasteiger partial charge in [0.1, 0.15) is 22.6 Å². The molecule has 1 fully saturated rings. The number of carbonyl (C=O) groups excluding carboxylic acids is 1. The third-order valence-corrected chi connectivity index (χ3v) is 3.71. The number of aromatic nitrogens is 1. The summed E-state index contributed by atoms with van der Waals surface area (Å²) in [6.07, 6.45) is 3.03. The first-order valence-corrected chi connectivity index (χ1v) is 7.92. The molecule has 0 saturated carbocycles. The van der Waals surface area contributed by atoms with Gasteiger partial charge < -0.3 is 14.4 Å². The normalized spacial score (nSPS) is 19.9. The van der Waals surface area contributed by atoms with Crippen LogP contribution in [0.2, 0.25) is 5.15 Å². The first kappa shape index (κ1) is 16.9. The van der Waals surface area contributed by atoms with E-state index in [-0.39, 0.29) is 18.2 Å². The second-order valence-electron chi connectivity index (χ2n) is 6.52. The summed E-state index contributed by atoms with van der Waals surface area (Å²) in [5.74, 6) is 0.646. The van der Waals surface area contributed by atoms with Crippen molar-refractivity contribution in [3.8, 4) is 5.75 Å². The maximum atomic E-state index is 12.3. The van der Waals surface area contributed by atoms with Crippen LogP contribution in [0.15, 0.2) is 18.3 Å². The number of pyridine rings is 1. The van der Waals surface area contributed by atoms with Crippen LogP contribution < -0.4 is 4.74 Å². The number of hydrogen-bond acceptors (Lipinski definition) is 4. The van der Waals surface area contributed by atoms with Gasteiger partial charge in [-0.25, -0.2) is 9.78 Å². The Bertz CT molecular complexity index is 513. The molecule has 0 aliphatic carbocycles. The smallest absolute Gasteiger partial charge is 0.410 e. The zero-order valence-electron chi connectivity index (χ0n) is 13.5. The van der Waals surface area contributed by atoms with Crippen molar-refractivity contribution in [2.24, 2.45) is 0 Å². The lowest BCUT2D eigenvalue weighted by atomic mass is 10.1. The third-order valence-electron chi connectivity index (χ3n) is 3.49. The Hall–Kier alpha value is -1.49. The van der Waals surface area contributed by atoms with Crippen molar-refractivity contribution in [3.05, 3.63) is 23.5 Å². The minimum absolute atomic E-state index is 0.00512. The van der Waals surface area contributed by atoms with Crippen LogP contribution in [0.4, 0.5) is 4.79 Å². The van der Waals surface area contributed by atoms with Crippen molar-refractivity contribution in [1.29, 1.82) is 0 Å². The van der Waals surface area contributed by atoms with Crippen molar-refractivity contribution < 1.29 is 14.3 Å². The number of hydrogen-bond donors (Lipinski definition) is 0. The summed E-state index contributed by atoms with van der Waals surface area (Å²) < 4.78 is 11.4. The van der Waals surface area contributed by atoms with Gasteiger partial charge in [-0.15, -0.1) is 0 Å². The number of carbonyl (C=O) groups is 1. The molecule has 1 aliphatic heterocycles. The zero-order chi connectivity index (χ0) is 16.3. The molecule has 22 heavy (non-hydrogen) atoms. The van der Waals surface area contributed by atoms with Gasteiger partial charge in [-0.1, -0.05) is 11.6 Å². The molecule has 2 atom stereocenters. The molecular weight excluding hydrogens is 304 g/mol. The van der Waals surface area contributed by atoms with Crippen LogP contribution in [-0.4, -0.2) is 40.3 Å². The van der Waals surface area contributed by atoms with E-state index in [9.17, 15) is 4.79 Å². The molecule has 0 radical (unpaired) electrons. The molecule has 1 aromatic heterocycles. The van der Waals surface area contributed by atoms with Crippen LogP contribution in [0, 0.1) is 0 Å². The standard InChI is InChI=1S/C16H23ClN2O3/c1-11(21-12-7-8-14(17)18-10-12)13-6-5-9-19(13)15(20)22-16(2,3)4/h7-8,10-11,13H,5-6,9H2,1-4H3. The lowest BCUT2D eigenvalue weighted by Gasteiger charge is -2.31. The average Bonchev–Trinajstić information content (AvgIpc) is 2.89. The molecule has 1 aliphatic rings. The summed E-state index contributed by atoms with van der Waals surface area (Å²) in [6.45, 7) is 8.27. The van der Waals surface area contributed by atoms with Gasteiger partial charge in [-0.05, 0) is 52.7 Å². The van der Waals surface area contributed by atoms with E-state index in [1.165, 1.54) is 0 Å². The highest BCUT2D eigenvalue weighted by molar-refractivity contribution is 6.29. The number of ether oxygens (including phenoxy) is 2. The van der Waals surface area contributed by atoms with E-state index in [2.05, 4.69) is 4.98 Å². The van der Waals surface area contributed by atoms with Crippen molar-refractivity contribution in [1.82, 2.24) is 9.88 Å². The lowest BCUT2D eigenvalue weighted by molar-refractivity contribution is 0.0111. The largest absolute Gasteiger partial charge is 0.487 e. The molecule has 1 saturated heterocycles. The molecule has 6 heteroatoms. The molecular formula is C16H23ClN2O3. The first-order chi connectivity index (χ1) is 10.3. The number of amides is 1. The summed E-state index contributed by atoms with van der Waals surface area (Å²) in [4.78, 5) is 18.1. The predicted octanol–water partition coefficient (Wildman–Crippen LogP) is 3.90. The van der Waals surface area contributed by atoms with E-state index in [0.717, 1.165) is 12.8 Å². The Kier molecular flexibility index (Phi) is 5.16. The Morgan fingerprint density at radius 2 is 2.18 bits per heavy atom. The zero-order valence-corrected chi connectivity index (χ0v) is 14.3. The van der Waals surface area contributed by atoms with Crippen LogP contribution in [0.5, 0.6) is 5.75 Å². The van der Waals surface area contributed by atoms with Crippen LogP contribution in [0.1, 0.15) is 40.5 Å². The van der Waals surface area contributed by atoms with Gasteiger partial charge in [0.15, 0.2) is 0 Å². The van der Waals surface area contributed by atoms with Crippen molar-refractivity contribution in [2.45, 2.75) is 58.3 Å². The second-order valence-corrected chi connectivity index (χ2v) is 6.91. The third kappa shape index (κ3) is 4.50. The maximum Gasteiger partial charge on any atom is 0.410 e. The van der Waals surface area contributed by atoms with Crippen LogP contribution >= 0.6 is 11.6 Å². The molecule has 0 N–H and O–H groups in total. The maximum absolute atomic E-state index is 12.3. The van der Waals surface area contributed by atoms with Crippen LogP contribution in [-0.2, 0) is 4.74 Å². The summed E-state index contributed by atoms with van der Waals surface area (Å²) in [6, 6.07) is 3.47.